The summed E-state index contributed by atoms with van der Waals surface area (Å²) < 4.78 is 5.30. The molecule has 2 unspecified atom stereocenters. The van der Waals surface area contributed by atoms with E-state index in [0.29, 0.717) is 12.8 Å². The van der Waals surface area contributed by atoms with Crippen molar-refractivity contribution in [1.82, 2.24) is 4.90 Å². The maximum absolute atomic E-state index is 11.9. The minimum Gasteiger partial charge on any atom is -0.396 e. The summed E-state index contributed by atoms with van der Waals surface area (Å²) in [6, 6.07) is 0. The Kier molecular flexibility index (Phi) is 2.75. The van der Waals surface area contributed by atoms with Crippen molar-refractivity contribution in [2.24, 2.45) is 5.41 Å². The molecule has 0 aromatic rings. The topological polar surface area (TPSA) is 66.8 Å². The Morgan fingerprint density at radius 3 is 2.25 bits per heavy atom. The molecule has 1 N–H and O–H groups in total. The molecule has 0 spiro atoms. The largest absolute Gasteiger partial charge is 0.396 e. The molecule has 0 aliphatic carbocycles. The van der Waals surface area contributed by atoms with Gasteiger partial charge in [0, 0.05) is 18.6 Å². The molecule has 0 aromatic heterocycles. The first-order valence-corrected chi connectivity index (χ1v) is 5.56. The van der Waals surface area contributed by atoms with Crippen molar-refractivity contribution in [3.8, 4) is 0 Å². The van der Waals surface area contributed by atoms with Crippen LogP contribution in [-0.2, 0) is 14.3 Å². The highest BCUT2D eigenvalue weighted by Crippen LogP contribution is 2.30. The highest BCUT2D eigenvalue weighted by Gasteiger charge is 2.47. The molecule has 2 saturated heterocycles. The van der Waals surface area contributed by atoms with Crippen LogP contribution in [0.5, 0.6) is 0 Å². The number of hydrogen-bond acceptors (Lipinski definition) is 4. The molecule has 0 saturated carbocycles. The average Bonchev–Trinajstić information content (AvgIpc) is 2.69. The first-order valence-electron chi connectivity index (χ1n) is 5.56. The summed E-state index contributed by atoms with van der Waals surface area (Å²) in [6.45, 7) is 3.85. The monoisotopic (exact) mass is 227 g/mol. The van der Waals surface area contributed by atoms with Crippen molar-refractivity contribution in [2.75, 3.05) is 13.2 Å². The first-order chi connectivity index (χ1) is 7.44. The minimum atomic E-state index is -0.456. The van der Waals surface area contributed by atoms with Gasteiger partial charge in [0.15, 0.2) is 0 Å². The van der Waals surface area contributed by atoms with E-state index in [0.717, 1.165) is 0 Å². The van der Waals surface area contributed by atoms with E-state index < -0.39 is 17.6 Å². The number of morpholine rings is 1. The molecule has 90 valence electrons. The van der Waals surface area contributed by atoms with Gasteiger partial charge in [-0.05, 0) is 12.8 Å². The summed E-state index contributed by atoms with van der Waals surface area (Å²) in [5.41, 5.74) is -0.456. The van der Waals surface area contributed by atoms with Crippen molar-refractivity contribution in [3.63, 3.8) is 0 Å². The third kappa shape index (κ3) is 1.85. The zero-order chi connectivity index (χ0) is 11.9. The molecule has 16 heavy (non-hydrogen) atoms. The summed E-state index contributed by atoms with van der Waals surface area (Å²) in [4.78, 5) is 25.0. The van der Waals surface area contributed by atoms with Crippen molar-refractivity contribution in [2.45, 2.75) is 38.9 Å². The van der Waals surface area contributed by atoms with Crippen molar-refractivity contribution < 1.29 is 19.4 Å². The van der Waals surface area contributed by atoms with Gasteiger partial charge in [-0.15, -0.1) is 0 Å². The number of hydrogen-bond donors (Lipinski definition) is 1. The number of amides is 2. The molecule has 2 bridgehead atoms. The SMILES string of the molecule is CC(C)(CO)CN1C(=O)C2CCC(O2)C1=O. The first kappa shape index (κ1) is 11.5. The van der Waals surface area contributed by atoms with Crippen LogP contribution in [0.1, 0.15) is 26.7 Å². The highest BCUT2D eigenvalue weighted by atomic mass is 16.5. The van der Waals surface area contributed by atoms with Crippen LogP contribution in [0.4, 0.5) is 0 Å². The Labute approximate surface area is 94.4 Å². The van der Waals surface area contributed by atoms with Crippen LogP contribution in [0.15, 0.2) is 0 Å². The lowest BCUT2D eigenvalue weighted by Crippen LogP contribution is -2.54. The van der Waals surface area contributed by atoms with E-state index in [2.05, 4.69) is 0 Å². The number of aliphatic hydroxyl groups excluding tert-OH is 1. The van der Waals surface area contributed by atoms with Crippen LogP contribution in [-0.4, -0.2) is 47.2 Å². The predicted octanol–water partition coefficient (Wildman–Crippen LogP) is -0.0787. The van der Waals surface area contributed by atoms with Gasteiger partial charge in [0.2, 0.25) is 0 Å². The van der Waals surface area contributed by atoms with E-state index in [9.17, 15) is 9.59 Å². The van der Waals surface area contributed by atoms with Gasteiger partial charge in [0.05, 0.1) is 0 Å². The van der Waals surface area contributed by atoms with E-state index >= 15 is 0 Å². The zero-order valence-corrected chi connectivity index (χ0v) is 9.60. The molecule has 2 rings (SSSR count). The second-order valence-corrected chi connectivity index (χ2v) is 5.28. The molecular formula is C11H17NO4. The van der Waals surface area contributed by atoms with Crippen LogP contribution in [0.25, 0.3) is 0 Å². The maximum Gasteiger partial charge on any atom is 0.258 e. The number of carbonyl (C=O) groups is 2. The fraction of sp³-hybridized carbons (Fsp3) is 0.818. The Balaban J connectivity index is 2.14. The van der Waals surface area contributed by atoms with Crippen molar-refractivity contribution >= 4 is 11.8 Å². The van der Waals surface area contributed by atoms with Gasteiger partial charge in [0.25, 0.3) is 11.8 Å². The van der Waals surface area contributed by atoms with Gasteiger partial charge in [-0.1, -0.05) is 13.8 Å². The van der Waals surface area contributed by atoms with Crippen LogP contribution in [0.3, 0.4) is 0 Å². The minimum absolute atomic E-state index is 0.0553. The number of aliphatic hydroxyl groups is 1. The van der Waals surface area contributed by atoms with Crippen LogP contribution in [0.2, 0.25) is 0 Å². The molecule has 5 heteroatoms. The molecule has 0 radical (unpaired) electrons. The van der Waals surface area contributed by atoms with E-state index in [1.165, 1.54) is 4.90 Å². The van der Waals surface area contributed by atoms with Gasteiger partial charge in [-0.3, -0.25) is 14.5 Å². The third-order valence-corrected chi connectivity index (χ3v) is 3.12. The lowest BCUT2D eigenvalue weighted by molar-refractivity contribution is -0.170. The van der Waals surface area contributed by atoms with Crippen LogP contribution >= 0.6 is 0 Å². The number of carbonyl (C=O) groups excluding carboxylic acids is 2. The molecule has 2 heterocycles. The Morgan fingerprint density at radius 2 is 1.81 bits per heavy atom. The summed E-state index contributed by atoms with van der Waals surface area (Å²) in [6.07, 6.45) is 0.366. The summed E-state index contributed by atoms with van der Waals surface area (Å²) >= 11 is 0. The van der Waals surface area contributed by atoms with Crippen LogP contribution in [0, 0.1) is 5.41 Å². The van der Waals surface area contributed by atoms with Crippen molar-refractivity contribution in [3.05, 3.63) is 0 Å². The van der Waals surface area contributed by atoms with Gasteiger partial charge < -0.3 is 9.84 Å². The molecule has 0 aromatic carbocycles. The predicted molar refractivity (Wildman–Crippen MR) is 55.5 cm³/mol. The lowest BCUT2D eigenvalue weighted by Gasteiger charge is -2.35. The number of rotatable bonds is 3. The molecule has 2 atom stereocenters. The summed E-state index contributed by atoms with van der Waals surface area (Å²) in [7, 11) is 0. The summed E-state index contributed by atoms with van der Waals surface area (Å²) in [5.74, 6) is -0.499. The van der Waals surface area contributed by atoms with E-state index in [1.807, 2.05) is 13.8 Å². The number of likely N-dealkylation sites (tertiary alicyclic amines) is 1. The second-order valence-electron chi connectivity index (χ2n) is 5.28. The maximum atomic E-state index is 11.9. The Hall–Kier alpha value is -0.940. The molecule has 2 amide bonds. The van der Waals surface area contributed by atoms with Gasteiger partial charge in [-0.25, -0.2) is 0 Å². The quantitative estimate of drug-likeness (QED) is 0.685. The Morgan fingerprint density at radius 1 is 1.31 bits per heavy atom. The number of nitrogens with zero attached hydrogens (tertiary/aromatic N) is 1. The third-order valence-electron chi connectivity index (χ3n) is 3.12. The molecule has 2 fully saturated rings. The normalized spacial score (nSPS) is 30.1. The second kappa shape index (κ2) is 3.82. The molecular weight excluding hydrogens is 210 g/mol. The Bertz CT molecular complexity index is 304. The fourth-order valence-electron chi connectivity index (χ4n) is 2.09. The van der Waals surface area contributed by atoms with Crippen LogP contribution < -0.4 is 0 Å². The van der Waals surface area contributed by atoms with E-state index in [1.54, 1.807) is 0 Å². The number of fused-ring (bicyclic) bond motifs is 2. The smallest absolute Gasteiger partial charge is 0.258 e. The average molecular weight is 227 g/mol. The highest BCUT2D eigenvalue weighted by molar-refractivity contribution is 6.02. The molecule has 5 nitrogen and oxygen atoms in total. The number of ether oxygens (including phenoxy) is 1. The summed E-state index contributed by atoms with van der Waals surface area (Å²) in [5, 5.41) is 9.16. The standard InChI is InChI=1S/C11H17NO4/c1-11(2,6-13)5-12-9(14)7-3-4-8(16-7)10(12)15/h7-8,13H,3-6H2,1-2H3. The van der Waals surface area contributed by atoms with E-state index in [-0.39, 0.29) is 25.0 Å². The fourth-order valence-corrected chi connectivity index (χ4v) is 2.09. The number of imide groups is 1. The van der Waals surface area contributed by atoms with E-state index in [4.69, 9.17) is 9.84 Å². The van der Waals surface area contributed by atoms with Gasteiger partial charge in [0.1, 0.15) is 12.2 Å². The zero-order valence-electron chi connectivity index (χ0n) is 9.60. The van der Waals surface area contributed by atoms with Crippen molar-refractivity contribution in [1.29, 1.82) is 0 Å². The molecule has 2 aliphatic heterocycles. The lowest BCUT2D eigenvalue weighted by atomic mass is 9.93. The van der Waals surface area contributed by atoms with Gasteiger partial charge >= 0.3 is 0 Å². The molecule has 2 aliphatic rings. The van der Waals surface area contributed by atoms with Gasteiger partial charge in [-0.2, -0.15) is 0 Å².